The fourth-order valence-corrected chi connectivity index (χ4v) is 3.06. The lowest BCUT2D eigenvalue weighted by molar-refractivity contribution is -0.140. The van der Waals surface area contributed by atoms with Crippen molar-refractivity contribution >= 4 is 17.6 Å². The van der Waals surface area contributed by atoms with Crippen molar-refractivity contribution in [2.75, 3.05) is 19.5 Å². The number of fused-ring (bicyclic) bond motifs is 1. The molecule has 0 fully saturated rings. The lowest BCUT2D eigenvalue weighted by Crippen LogP contribution is -2.09. The van der Waals surface area contributed by atoms with Crippen LogP contribution in [0.3, 0.4) is 0 Å². The minimum absolute atomic E-state index is 0.232. The molecule has 1 aliphatic heterocycles. The van der Waals surface area contributed by atoms with Gasteiger partial charge in [-0.3, -0.25) is 4.79 Å². The van der Waals surface area contributed by atoms with Crippen molar-refractivity contribution < 1.29 is 19.1 Å². The van der Waals surface area contributed by atoms with Crippen LogP contribution in [-0.4, -0.2) is 26.1 Å². The normalized spacial score (nSPS) is 13.1. The van der Waals surface area contributed by atoms with E-state index in [0.29, 0.717) is 24.8 Å². The zero-order chi connectivity index (χ0) is 18.6. The first-order valence-electron chi connectivity index (χ1n) is 8.16. The van der Waals surface area contributed by atoms with Gasteiger partial charge in [0.1, 0.15) is 6.61 Å². The van der Waals surface area contributed by atoms with Gasteiger partial charge in [0.05, 0.1) is 18.4 Å². The maximum Gasteiger partial charge on any atom is 0.341 e. The molecule has 0 bridgehead atoms. The van der Waals surface area contributed by atoms with Crippen molar-refractivity contribution in [2.24, 2.45) is 0 Å². The van der Waals surface area contributed by atoms with E-state index in [1.807, 2.05) is 19.9 Å². The molecular formula is C20H23NO4. The molecule has 0 saturated heterocycles. The molecule has 0 radical (unpaired) electrons. The van der Waals surface area contributed by atoms with Crippen LogP contribution in [0.4, 0.5) is 5.69 Å². The van der Waals surface area contributed by atoms with E-state index < -0.39 is 0 Å². The van der Waals surface area contributed by atoms with Crippen LogP contribution < -0.4 is 5.32 Å². The average molecular weight is 341 g/mol. The number of cyclic esters (lactones) is 1. The summed E-state index contributed by atoms with van der Waals surface area (Å²) in [7, 11) is 3.15. The van der Waals surface area contributed by atoms with Crippen molar-refractivity contribution in [3.05, 3.63) is 39.5 Å². The third kappa shape index (κ3) is 3.69. The van der Waals surface area contributed by atoms with E-state index in [1.165, 1.54) is 7.11 Å². The van der Waals surface area contributed by atoms with Crippen LogP contribution >= 0.6 is 0 Å². The summed E-state index contributed by atoms with van der Waals surface area (Å²) in [6, 6.07) is 0. The van der Waals surface area contributed by atoms with Gasteiger partial charge < -0.3 is 14.8 Å². The Morgan fingerprint density at radius 1 is 1.44 bits per heavy atom. The van der Waals surface area contributed by atoms with Crippen LogP contribution in [0.1, 0.15) is 52.4 Å². The Labute approximate surface area is 148 Å². The first-order valence-corrected chi connectivity index (χ1v) is 8.16. The minimum atomic E-state index is -0.321. The van der Waals surface area contributed by atoms with E-state index in [1.54, 1.807) is 7.05 Å². The lowest BCUT2D eigenvalue weighted by Gasteiger charge is -2.17. The predicted octanol–water partition coefficient (Wildman–Crippen LogP) is 3.13. The van der Waals surface area contributed by atoms with E-state index in [2.05, 4.69) is 16.0 Å². The molecule has 0 saturated carbocycles. The van der Waals surface area contributed by atoms with Gasteiger partial charge in [0.2, 0.25) is 0 Å². The molecule has 5 nitrogen and oxygen atoms in total. The second-order valence-electron chi connectivity index (χ2n) is 6.01. The third-order valence-electron chi connectivity index (χ3n) is 4.53. The van der Waals surface area contributed by atoms with E-state index in [0.717, 1.165) is 33.5 Å². The van der Waals surface area contributed by atoms with Crippen LogP contribution in [0.2, 0.25) is 0 Å². The SMILES string of the molecule is C#Cc1c(C)c2c(c(NC)c1C/C=C(\C)CCC(=O)OC)C(=O)OC2. The molecule has 1 aliphatic rings. The van der Waals surface area contributed by atoms with Crippen LogP contribution in [-0.2, 0) is 27.3 Å². The molecule has 0 amide bonds. The van der Waals surface area contributed by atoms with Gasteiger partial charge in [0, 0.05) is 24.6 Å². The number of hydrogen-bond donors (Lipinski definition) is 1. The Morgan fingerprint density at radius 2 is 2.16 bits per heavy atom. The number of nitrogens with one attached hydrogen (secondary N) is 1. The Kier molecular flexibility index (Phi) is 5.87. The number of methoxy groups -OCH3 is 1. The molecule has 2 rings (SSSR count). The van der Waals surface area contributed by atoms with E-state index in [4.69, 9.17) is 11.2 Å². The highest BCUT2D eigenvalue weighted by atomic mass is 16.5. The first-order chi connectivity index (χ1) is 11.9. The summed E-state index contributed by atoms with van der Waals surface area (Å²) in [5, 5.41) is 3.11. The third-order valence-corrected chi connectivity index (χ3v) is 4.53. The first kappa shape index (κ1) is 18.6. The van der Waals surface area contributed by atoms with Gasteiger partial charge in [-0.25, -0.2) is 4.79 Å². The van der Waals surface area contributed by atoms with E-state index in [9.17, 15) is 9.59 Å². The average Bonchev–Trinajstić information content (AvgIpc) is 3.00. The van der Waals surface area contributed by atoms with Gasteiger partial charge in [-0.05, 0) is 37.8 Å². The fourth-order valence-electron chi connectivity index (χ4n) is 3.06. The van der Waals surface area contributed by atoms with Crippen molar-refractivity contribution in [2.45, 2.75) is 39.7 Å². The molecule has 0 aliphatic carbocycles. The Bertz CT molecular complexity index is 784. The number of ether oxygens (including phenoxy) is 2. The standard InChI is InChI=1S/C20H23NO4/c1-6-14-13(3)16-11-25-20(23)18(16)19(21-4)15(14)9-7-12(2)8-10-17(22)24-5/h1,7,21H,8-11H2,2-5H3/b12-7+. The number of terminal acetylenes is 1. The van der Waals surface area contributed by atoms with Gasteiger partial charge in [-0.2, -0.15) is 0 Å². The Morgan fingerprint density at radius 3 is 2.76 bits per heavy atom. The summed E-state index contributed by atoms with van der Waals surface area (Å²) in [5.74, 6) is 2.20. The van der Waals surface area contributed by atoms with Gasteiger partial charge in [0.15, 0.2) is 0 Å². The van der Waals surface area contributed by atoms with E-state index in [-0.39, 0.29) is 18.5 Å². The number of esters is 2. The number of rotatable bonds is 6. The zero-order valence-electron chi connectivity index (χ0n) is 15.1. The molecule has 1 aromatic rings. The second-order valence-corrected chi connectivity index (χ2v) is 6.01. The maximum atomic E-state index is 12.1. The van der Waals surface area contributed by atoms with Crippen molar-refractivity contribution in [1.29, 1.82) is 0 Å². The van der Waals surface area contributed by atoms with Crippen LogP contribution in [0, 0.1) is 19.3 Å². The minimum Gasteiger partial charge on any atom is -0.469 e. The van der Waals surface area contributed by atoms with Crippen LogP contribution in [0.5, 0.6) is 0 Å². The predicted molar refractivity (Wildman–Crippen MR) is 96.5 cm³/mol. The van der Waals surface area contributed by atoms with Gasteiger partial charge in [-0.15, -0.1) is 6.42 Å². The summed E-state index contributed by atoms with van der Waals surface area (Å²) in [4.78, 5) is 23.4. The summed E-state index contributed by atoms with van der Waals surface area (Å²) < 4.78 is 9.85. The molecule has 132 valence electrons. The van der Waals surface area contributed by atoms with Crippen LogP contribution in [0.25, 0.3) is 0 Å². The fraction of sp³-hybridized carbons (Fsp3) is 0.400. The lowest BCUT2D eigenvalue weighted by atomic mass is 9.89. The molecular weight excluding hydrogens is 318 g/mol. The van der Waals surface area contributed by atoms with Crippen molar-refractivity contribution in [1.82, 2.24) is 0 Å². The summed E-state index contributed by atoms with van der Waals surface area (Å²) in [5.41, 5.74) is 5.84. The summed E-state index contributed by atoms with van der Waals surface area (Å²) >= 11 is 0. The zero-order valence-corrected chi connectivity index (χ0v) is 15.1. The van der Waals surface area contributed by atoms with Gasteiger partial charge in [-0.1, -0.05) is 17.6 Å². The number of benzene rings is 1. The Hall–Kier alpha value is -2.74. The topological polar surface area (TPSA) is 64.6 Å². The van der Waals surface area contributed by atoms with Crippen LogP contribution in [0.15, 0.2) is 11.6 Å². The molecule has 1 aromatic carbocycles. The molecule has 1 N–H and O–H groups in total. The molecule has 0 unspecified atom stereocenters. The quantitative estimate of drug-likeness (QED) is 0.489. The summed E-state index contributed by atoms with van der Waals surface area (Å²) in [6.45, 7) is 4.15. The molecule has 5 heteroatoms. The number of allylic oxidation sites excluding steroid dienone is 2. The highest BCUT2D eigenvalue weighted by molar-refractivity contribution is 6.01. The Balaban J connectivity index is 2.39. The molecule has 1 heterocycles. The monoisotopic (exact) mass is 341 g/mol. The van der Waals surface area contributed by atoms with Crippen molar-refractivity contribution in [3.63, 3.8) is 0 Å². The second kappa shape index (κ2) is 7.89. The number of anilines is 1. The molecule has 0 atom stereocenters. The van der Waals surface area contributed by atoms with Gasteiger partial charge >= 0.3 is 11.9 Å². The molecule has 0 aromatic heterocycles. The number of carbonyl (C=O) groups is 2. The highest BCUT2D eigenvalue weighted by Crippen LogP contribution is 2.36. The maximum absolute atomic E-state index is 12.1. The molecule has 0 spiro atoms. The molecule has 25 heavy (non-hydrogen) atoms. The number of carbonyl (C=O) groups excluding carboxylic acids is 2. The van der Waals surface area contributed by atoms with Crippen molar-refractivity contribution in [3.8, 4) is 12.3 Å². The summed E-state index contributed by atoms with van der Waals surface area (Å²) in [6.07, 6.45) is 9.31. The number of hydrogen-bond acceptors (Lipinski definition) is 5. The van der Waals surface area contributed by atoms with Gasteiger partial charge in [0.25, 0.3) is 0 Å². The highest BCUT2D eigenvalue weighted by Gasteiger charge is 2.30. The smallest absolute Gasteiger partial charge is 0.341 e. The van der Waals surface area contributed by atoms with E-state index >= 15 is 0 Å². The largest absolute Gasteiger partial charge is 0.469 e.